The summed E-state index contributed by atoms with van der Waals surface area (Å²) in [7, 11) is 0. The molecule has 27 heavy (non-hydrogen) atoms. The van der Waals surface area contributed by atoms with Crippen molar-refractivity contribution in [3.8, 4) is 0 Å². The van der Waals surface area contributed by atoms with Crippen LogP contribution in [0.1, 0.15) is 36.3 Å². The van der Waals surface area contributed by atoms with Gasteiger partial charge in [0.05, 0.1) is 0 Å². The molecule has 140 valence electrons. The van der Waals surface area contributed by atoms with E-state index in [9.17, 15) is 9.59 Å². The van der Waals surface area contributed by atoms with Crippen molar-refractivity contribution in [2.75, 3.05) is 0 Å². The van der Waals surface area contributed by atoms with Gasteiger partial charge in [0.2, 0.25) is 11.8 Å². The Kier molecular flexibility index (Phi) is 5.30. The van der Waals surface area contributed by atoms with E-state index in [-0.39, 0.29) is 29.7 Å². The van der Waals surface area contributed by atoms with Crippen molar-refractivity contribution in [3.05, 3.63) is 70.2 Å². The third-order valence-electron chi connectivity index (χ3n) is 5.26. The summed E-state index contributed by atoms with van der Waals surface area (Å²) in [6.45, 7) is 0. The molecule has 0 saturated heterocycles. The van der Waals surface area contributed by atoms with Gasteiger partial charge >= 0.3 is 0 Å². The number of halogens is 1. The normalized spacial score (nSPS) is 22.0. The van der Waals surface area contributed by atoms with E-state index >= 15 is 0 Å². The molecule has 2 aromatic carbocycles. The highest BCUT2D eigenvalue weighted by molar-refractivity contribution is 9.10. The number of amides is 2. The summed E-state index contributed by atoms with van der Waals surface area (Å²) in [6, 6.07) is 17.7. The second-order valence-electron chi connectivity index (χ2n) is 7.53. The molecule has 0 aliphatic heterocycles. The summed E-state index contributed by atoms with van der Waals surface area (Å²) in [5.41, 5.74) is 2.23. The fraction of sp³-hybridized carbons (Fsp3) is 0.364. The average molecular weight is 427 g/mol. The molecule has 2 amide bonds. The summed E-state index contributed by atoms with van der Waals surface area (Å²) < 4.78 is 1.03. The molecule has 0 heterocycles. The maximum Gasteiger partial charge on any atom is 0.243 e. The Hall–Kier alpha value is -2.14. The lowest BCUT2D eigenvalue weighted by Gasteiger charge is -2.19. The van der Waals surface area contributed by atoms with Crippen LogP contribution in [0, 0.1) is 5.92 Å². The number of carbonyl (C=O) groups excluding carboxylic acids is 2. The number of hydrogen-bond donors (Lipinski definition) is 2. The molecule has 2 aliphatic rings. The second-order valence-corrected chi connectivity index (χ2v) is 8.45. The predicted octanol–water partition coefficient (Wildman–Crippen LogP) is 3.56. The van der Waals surface area contributed by atoms with Gasteiger partial charge in [-0.25, -0.2) is 0 Å². The molecule has 4 nitrogen and oxygen atoms in total. The Morgan fingerprint density at radius 2 is 1.74 bits per heavy atom. The van der Waals surface area contributed by atoms with Crippen molar-refractivity contribution < 1.29 is 9.59 Å². The first-order chi connectivity index (χ1) is 13.1. The fourth-order valence-electron chi connectivity index (χ4n) is 3.43. The zero-order valence-corrected chi connectivity index (χ0v) is 16.6. The smallest absolute Gasteiger partial charge is 0.243 e. The van der Waals surface area contributed by atoms with E-state index in [0.717, 1.165) is 29.3 Å². The Balaban J connectivity index is 1.40. The molecule has 2 aliphatic carbocycles. The van der Waals surface area contributed by atoms with Crippen LogP contribution in [0.5, 0.6) is 0 Å². The van der Waals surface area contributed by atoms with Crippen molar-refractivity contribution in [2.45, 2.75) is 43.7 Å². The number of rotatable bonds is 7. The van der Waals surface area contributed by atoms with Crippen LogP contribution in [0.3, 0.4) is 0 Å². The van der Waals surface area contributed by atoms with Gasteiger partial charge in [0.15, 0.2) is 0 Å². The van der Waals surface area contributed by atoms with Gasteiger partial charge in [-0.15, -0.1) is 0 Å². The first-order valence-electron chi connectivity index (χ1n) is 9.50. The van der Waals surface area contributed by atoms with Gasteiger partial charge in [-0.2, -0.15) is 0 Å². The van der Waals surface area contributed by atoms with E-state index in [0.29, 0.717) is 6.42 Å². The number of hydrogen-bond acceptors (Lipinski definition) is 2. The van der Waals surface area contributed by atoms with Crippen LogP contribution in [-0.4, -0.2) is 23.9 Å². The molecular formula is C22H23BrN2O2. The van der Waals surface area contributed by atoms with Crippen molar-refractivity contribution >= 4 is 27.7 Å². The summed E-state index contributed by atoms with van der Waals surface area (Å²) >= 11 is 3.44. The van der Waals surface area contributed by atoms with Crippen LogP contribution in [0.4, 0.5) is 0 Å². The average Bonchev–Trinajstić information content (AvgIpc) is 3.57. The van der Waals surface area contributed by atoms with Crippen molar-refractivity contribution in [3.63, 3.8) is 0 Å². The SMILES string of the molecule is O=C(NC1CC1)C(Cc1ccccc1)NC(=O)C1CC1c1ccc(Br)cc1. The van der Waals surface area contributed by atoms with Crippen LogP contribution in [0.2, 0.25) is 0 Å². The number of nitrogens with one attached hydrogen (secondary N) is 2. The zero-order chi connectivity index (χ0) is 18.8. The Morgan fingerprint density at radius 1 is 1.04 bits per heavy atom. The monoisotopic (exact) mass is 426 g/mol. The van der Waals surface area contributed by atoms with Gasteiger partial charge in [-0.1, -0.05) is 58.4 Å². The molecule has 3 unspecified atom stereocenters. The maximum absolute atomic E-state index is 12.8. The van der Waals surface area contributed by atoms with Crippen LogP contribution >= 0.6 is 15.9 Å². The van der Waals surface area contributed by atoms with Gasteiger partial charge in [-0.05, 0) is 48.4 Å². The largest absolute Gasteiger partial charge is 0.352 e. The molecule has 0 bridgehead atoms. The molecule has 0 radical (unpaired) electrons. The number of carbonyl (C=O) groups is 2. The van der Waals surface area contributed by atoms with E-state index < -0.39 is 6.04 Å². The fourth-order valence-corrected chi connectivity index (χ4v) is 3.69. The van der Waals surface area contributed by atoms with Crippen LogP contribution in [0.15, 0.2) is 59.1 Å². The second kappa shape index (κ2) is 7.85. The quantitative estimate of drug-likeness (QED) is 0.710. The third kappa shape index (κ3) is 4.78. The highest BCUT2D eigenvalue weighted by atomic mass is 79.9. The van der Waals surface area contributed by atoms with Gasteiger partial charge < -0.3 is 10.6 Å². The van der Waals surface area contributed by atoms with E-state index in [2.05, 4.69) is 38.7 Å². The summed E-state index contributed by atoms with van der Waals surface area (Å²) in [5, 5.41) is 6.04. The van der Waals surface area contributed by atoms with Gasteiger partial charge in [0.25, 0.3) is 0 Å². The Morgan fingerprint density at radius 3 is 2.41 bits per heavy atom. The van der Waals surface area contributed by atoms with Crippen molar-refractivity contribution in [2.24, 2.45) is 5.92 Å². The first-order valence-corrected chi connectivity index (χ1v) is 10.3. The minimum Gasteiger partial charge on any atom is -0.352 e. The van der Waals surface area contributed by atoms with E-state index in [1.54, 1.807) is 0 Å². The molecule has 5 heteroatoms. The highest BCUT2D eigenvalue weighted by Crippen LogP contribution is 2.47. The number of benzene rings is 2. The zero-order valence-electron chi connectivity index (χ0n) is 15.0. The molecular weight excluding hydrogens is 404 g/mol. The Labute approximate surface area is 167 Å². The van der Waals surface area contributed by atoms with Crippen molar-refractivity contribution in [1.29, 1.82) is 0 Å². The minimum absolute atomic E-state index is 0.0187. The lowest BCUT2D eigenvalue weighted by Crippen LogP contribution is -2.49. The summed E-state index contributed by atoms with van der Waals surface area (Å²) in [5.74, 6) is 0.116. The molecule has 0 spiro atoms. The summed E-state index contributed by atoms with van der Waals surface area (Å²) in [6.07, 6.45) is 3.43. The molecule has 2 N–H and O–H groups in total. The molecule has 4 rings (SSSR count). The van der Waals surface area contributed by atoms with E-state index in [4.69, 9.17) is 0 Å². The van der Waals surface area contributed by atoms with Crippen LogP contribution in [0.25, 0.3) is 0 Å². The predicted molar refractivity (Wildman–Crippen MR) is 108 cm³/mol. The maximum atomic E-state index is 12.8. The van der Waals surface area contributed by atoms with Crippen LogP contribution < -0.4 is 10.6 Å². The van der Waals surface area contributed by atoms with Crippen molar-refractivity contribution in [1.82, 2.24) is 10.6 Å². The topological polar surface area (TPSA) is 58.2 Å². The lowest BCUT2D eigenvalue weighted by atomic mass is 10.0. The molecule has 2 aromatic rings. The minimum atomic E-state index is -0.522. The summed E-state index contributed by atoms with van der Waals surface area (Å²) in [4.78, 5) is 25.4. The first kappa shape index (κ1) is 18.2. The lowest BCUT2D eigenvalue weighted by molar-refractivity contribution is -0.129. The van der Waals surface area contributed by atoms with Gasteiger partial charge in [-0.3, -0.25) is 9.59 Å². The molecule has 0 aromatic heterocycles. The third-order valence-corrected chi connectivity index (χ3v) is 5.79. The Bertz CT molecular complexity index is 818. The molecule has 3 atom stereocenters. The van der Waals surface area contributed by atoms with E-state index in [1.165, 1.54) is 5.56 Å². The highest BCUT2D eigenvalue weighted by Gasteiger charge is 2.45. The molecule has 2 saturated carbocycles. The van der Waals surface area contributed by atoms with Gasteiger partial charge in [0.1, 0.15) is 6.04 Å². The van der Waals surface area contributed by atoms with Crippen LogP contribution in [-0.2, 0) is 16.0 Å². The van der Waals surface area contributed by atoms with Gasteiger partial charge in [0, 0.05) is 22.9 Å². The molecule has 2 fully saturated rings. The standard InChI is InChI=1S/C22H23BrN2O2/c23-16-8-6-15(7-9-16)18-13-19(18)21(26)25-20(22(27)24-17-10-11-17)12-14-4-2-1-3-5-14/h1-9,17-20H,10-13H2,(H,24,27)(H,25,26). The van der Waals surface area contributed by atoms with E-state index in [1.807, 2.05) is 42.5 Å².